The summed E-state index contributed by atoms with van der Waals surface area (Å²) in [6.45, 7) is 11.1. The lowest BCUT2D eigenvalue weighted by Crippen LogP contribution is -2.43. The Bertz CT molecular complexity index is 902. The van der Waals surface area contributed by atoms with E-state index in [2.05, 4.69) is 0 Å². The van der Waals surface area contributed by atoms with Crippen LogP contribution >= 0.6 is 0 Å². The number of carbonyl (C=O) groups is 2. The van der Waals surface area contributed by atoms with E-state index in [1.165, 1.54) is 0 Å². The van der Waals surface area contributed by atoms with Crippen molar-refractivity contribution in [1.82, 2.24) is 4.90 Å². The zero-order valence-corrected chi connectivity index (χ0v) is 20.1. The standard InChI is InChI=1S/C25H35N3O4/c1-24(2,3)31-22(29)28(23(30)32-25(4,5)6)17-19-15-20(26)13-14-21(19)27(7)16-18-11-9-8-10-12-18/h8-15H,16-17,26H2,1-7H3. The van der Waals surface area contributed by atoms with Gasteiger partial charge in [0.15, 0.2) is 0 Å². The molecule has 2 aromatic rings. The molecule has 7 nitrogen and oxygen atoms in total. The Hall–Kier alpha value is -3.22. The first-order valence-corrected chi connectivity index (χ1v) is 10.6. The molecule has 0 saturated carbocycles. The minimum atomic E-state index is -0.772. The molecule has 0 aliphatic carbocycles. The molecule has 0 saturated heterocycles. The Morgan fingerprint density at radius 1 is 0.844 bits per heavy atom. The summed E-state index contributed by atoms with van der Waals surface area (Å²) in [5.41, 5.74) is 7.74. The summed E-state index contributed by atoms with van der Waals surface area (Å²) in [5.74, 6) is 0. The number of nitrogens with two attached hydrogens (primary N) is 1. The number of amides is 2. The van der Waals surface area contributed by atoms with Gasteiger partial charge in [0, 0.05) is 25.0 Å². The van der Waals surface area contributed by atoms with Crippen LogP contribution in [0.1, 0.15) is 52.7 Å². The molecule has 2 amide bonds. The zero-order valence-electron chi connectivity index (χ0n) is 20.1. The van der Waals surface area contributed by atoms with Crippen molar-refractivity contribution in [3.63, 3.8) is 0 Å². The number of carbonyl (C=O) groups excluding carboxylic acids is 2. The largest absolute Gasteiger partial charge is 0.443 e. The Morgan fingerprint density at radius 3 is 1.88 bits per heavy atom. The van der Waals surface area contributed by atoms with E-state index >= 15 is 0 Å². The third kappa shape index (κ3) is 7.80. The second-order valence-corrected chi connectivity index (χ2v) is 9.78. The van der Waals surface area contributed by atoms with Crippen molar-refractivity contribution in [2.45, 2.75) is 65.8 Å². The quantitative estimate of drug-likeness (QED) is 0.610. The number of nitrogens with zero attached hydrogens (tertiary/aromatic N) is 2. The molecule has 0 heterocycles. The number of nitrogen functional groups attached to an aromatic ring is 1. The summed E-state index contributed by atoms with van der Waals surface area (Å²) in [6, 6.07) is 15.5. The van der Waals surface area contributed by atoms with Gasteiger partial charge >= 0.3 is 12.2 Å². The van der Waals surface area contributed by atoms with E-state index in [9.17, 15) is 9.59 Å². The highest BCUT2D eigenvalue weighted by Crippen LogP contribution is 2.27. The van der Waals surface area contributed by atoms with Crippen LogP contribution in [0.15, 0.2) is 48.5 Å². The molecule has 2 aromatic carbocycles. The SMILES string of the molecule is CN(Cc1ccccc1)c1ccc(N)cc1CN(C(=O)OC(C)(C)C)C(=O)OC(C)(C)C. The molecule has 0 atom stereocenters. The van der Waals surface area contributed by atoms with E-state index in [1.807, 2.05) is 48.3 Å². The minimum Gasteiger partial charge on any atom is -0.443 e. The second-order valence-electron chi connectivity index (χ2n) is 9.78. The number of benzene rings is 2. The van der Waals surface area contributed by atoms with Gasteiger partial charge in [-0.05, 0) is 70.9 Å². The number of imide groups is 1. The topological polar surface area (TPSA) is 85.1 Å². The molecule has 0 unspecified atom stereocenters. The fourth-order valence-corrected chi connectivity index (χ4v) is 3.05. The highest BCUT2D eigenvalue weighted by atomic mass is 16.6. The van der Waals surface area contributed by atoms with Gasteiger partial charge in [-0.25, -0.2) is 14.5 Å². The Labute approximate surface area is 191 Å². The number of rotatable bonds is 5. The third-order valence-corrected chi connectivity index (χ3v) is 4.33. The molecule has 32 heavy (non-hydrogen) atoms. The molecule has 0 fully saturated rings. The van der Waals surface area contributed by atoms with Crippen LogP contribution in [0.4, 0.5) is 21.0 Å². The maximum atomic E-state index is 12.9. The first-order valence-electron chi connectivity index (χ1n) is 10.6. The van der Waals surface area contributed by atoms with Gasteiger partial charge in [0.25, 0.3) is 0 Å². The lowest BCUT2D eigenvalue weighted by Gasteiger charge is -2.30. The van der Waals surface area contributed by atoms with Crippen molar-refractivity contribution in [2.24, 2.45) is 0 Å². The Morgan fingerprint density at radius 2 is 1.38 bits per heavy atom. The van der Waals surface area contributed by atoms with Crippen molar-refractivity contribution >= 4 is 23.6 Å². The van der Waals surface area contributed by atoms with Crippen LogP contribution < -0.4 is 10.6 Å². The van der Waals surface area contributed by atoms with Crippen LogP contribution in [-0.2, 0) is 22.6 Å². The highest BCUT2D eigenvalue weighted by molar-refractivity contribution is 5.88. The maximum absolute atomic E-state index is 12.9. The molecule has 174 valence electrons. The molecule has 0 aliphatic rings. The van der Waals surface area contributed by atoms with Crippen LogP contribution in [0.3, 0.4) is 0 Å². The summed E-state index contributed by atoms with van der Waals surface area (Å²) in [4.78, 5) is 28.8. The summed E-state index contributed by atoms with van der Waals surface area (Å²) in [6.07, 6.45) is -1.54. The van der Waals surface area contributed by atoms with Gasteiger partial charge in [-0.2, -0.15) is 0 Å². The van der Waals surface area contributed by atoms with Gasteiger partial charge in [0.2, 0.25) is 0 Å². The molecule has 2 N–H and O–H groups in total. The minimum absolute atomic E-state index is 0.0384. The van der Waals surface area contributed by atoms with Crippen molar-refractivity contribution in [2.75, 3.05) is 17.7 Å². The van der Waals surface area contributed by atoms with Gasteiger partial charge in [-0.3, -0.25) is 0 Å². The second kappa shape index (κ2) is 9.94. The summed E-state index contributed by atoms with van der Waals surface area (Å²) >= 11 is 0. The van der Waals surface area contributed by atoms with Crippen molar-refractivity contribution in [3.05, 3.63) is 59.7 Å². The Balaban J connectivity index is 2.37. The molecular formula is C25H35N3O4. The fraction of sp³-hybridized carbons (Fsp3) is 0.440. The molecule has 2 rings (SSSR count). The van der Waals surface area contributed by atoms with Crippen LogP contribution in [0.5, 0.6) is 0 Å². The smallest absolute Gasteiger partial charge is 0.420 e. The van der Waals surface area contributed by atoms with E-state index in [-0.39, 0.29) is 6.54 Å². The van der Waals surface area contributed by atoms with E-state index in [0.29, 0.717) is 17.8 Å². The normalized spacial score (nSPS) is 11.6. The van der Waals surface area contributed by atoms with Gasteiger partial charge in [0.05, 0.1) is 6.54 Å². The maximum Gasteiger partial charge on any atom is 0.420 e. The number of hydrogen-bond donors (Lipinski definition) is 1. The van der Waals surface area contributed by atoms with E-state index in [0.717, 1.165) is 16.2 Å². The summed E-state index contributed by atoms with van der Waals surface area (Å²) in [5, 5.41) is 0. The van der Waals surface area contributed by atoms with Crippen LogP contribution in [0, 0.1) is 0 Å². The van der Waals surface area contributed by atoms with Gasteiger partial charge in [-0.1, -0.05) is 30.3 Å². The van der Waals surface area contributed by atoms with Crippen molar-refractivity contribution < 1.29 is 19.1 Å². The molecule has 0 spiro atoms. The van der Waals surface area contributed by atoms with Gasteiger partial charge < -0.3 is 20.1 Å². The number of ether oxygens (including phenoxy) is 2. The van der Waals surface area contributed by atoms with E-state index < -0.39 is 23.4 Å². The van der Waals surface area contributed by atoms with E-state index in [1.54, 1.807) is 53.7 Å². The van der Waals surface area contributed by atoms with Gasteiger partial charge in [-0.15, -0.1) is 0 Å². The molecule has 7 heteroatoms. The molecule has 0 aromatic heterocycles. The Kier molecular flexibility index (Phi) is 7.78. The highest BCUT2D eigenvalue weighted by Gasteiger charge is 2.32. The fourth-order valence-electron chi connectivity index (χ4n) is 3.05. The van der Waals surface area contributed by atoms with Crippen molar-refractivity contribution in [1.29, 1.82) is 0 Å². The molecule has 0 radical (unpaired) electrons. The first-order chi connectivity index (χ1) is 14.7. The lowest BCUT2D eigenvalue weighted by molar-refractivity contribution is -0.000219. The summed E-state index contributed by atoms with van der Waals surface area (Å²) in [7, 11) is 1.95. The predicted molar refractivity (Wildman–Crippen MR) is 127 cm³/mol. The predicted octanol–water partition coefficient (Wildman–Crippen LogP) is 5.58. The number of anilines is 2. The molecular weight excluding hydrogens is 406 g/mol. The monoisotopic (exact) mass is 441 g/mol. The average Bonchev–Trinajstić information content (AvgIpc) is 2.64. The van der Waals surface area contributed by atoms with Crippen LogP contribution in [-0.4, -0.2) is 35.3 Å². The first kappa shape index (κ1) is 25.0. The van der Waals surface area contributed by atoms with Crippen LogP contribution in [0.2, 0.25) is 0 Å². The molecule has 0 aliphatic heterocycles. The van der Waals surface area contributed by atoms with Crippen molar-refractivity contribution in [3.8, 4) is 0 Å². The zero-order chi connectivity index (χ0) is 24.1. The summed E-state index contributed by atoms with van der Waals surface area (Å²) < 4.78 is 11.0. The molecule has 0 bridgehead atoms. The number of hydrogen-bond acceptors (Lipinski definition) is 6. The van der Waals surface area contributed by atoms with Gasteiger partial charge in [0.1, 0.15) is 11.2 Å². The van der Waals surface area contributed by atoms with Crippen LogP contribution in [0.25, 0.3) is 0 Å². The van der Waals surface area contributed by atoms with E-state index in [4.69, 9.17) is 15.2 Å². The third-order valence-electron chi connectivity index (χ3n) is 4.33. The average molecular weight is 442 g/mol. The lowest BCUT2D eigenvalue weighted by atomic mass is 10.1.